The molecule has 1 aromatic carbocycles. The molecule has 2 N–H and O–H groups in total. The molecule has 0 amide bonds. The summed E-state index contributed by atoms with van der Waals surface area (Å²) in [6, 6.07) is 8.94. The number of carboxylic acid groups (broad SMARTS) is 1. The first kappa shape index (κ1) is 17.4. The summed E-state index contributed by atoms with van der Waals surface area (Å²) in [6.07, 6.45) is 4.72. The second-order valence-corrected chi connectivity index (χ2v) is 4.72. The Balaban J connectivity index is 0.000000342. The standard InChI is InChI=1S/C9H19N.C7H6O2/c1-8(2)6-5-7-9(3)10-4;8-7(9)6-4-2-1-3-5-6/h6,9-10H,5,7H2,1-4H3;1-5H,(H,8,9). The Morgan fingerprint density at radius 1 is 1.32 bits per heavy atom. The Bertz CT molecular complexity index is 381. The summed E-state index contributed by atoms with van der Waals surface area (Å²) in [6.45, 7) is 6.49. The fourth-order valence-corrected chi connectivity index (χ4v) is 1.35. The van der Waals surface area contributed by atoms with Gasteiger partial charge in [0, 0.05) is 6.04 Å². The van der Waals surface area contributed by atoms with E-state index in [1.54, 1.807) is 30.3 Å². The third-order valence-electron chi connectivity index (χ3n) is 2.67. The zero-order chi connectivity index (χ0) is 14.7. The average Bonchev–Trinajstić information content (AvgIpc) is 2.39. The van der Waals surface area contributed by atoms with E-state index in [-0.39, 0.29) is 0 Å². The largest absolute Gasteiger partial charge is 0.478 e. The molecule has 0 aromatic heterocycles. The SMILES string of the molecule is CNC(C)CCC=C(C)C.O=C(O)c1ccccc1. The van der Waals surface area contributed by atoms with Crippen molar-refractivity contribution in [3.8, 4) is 0 Å². The molecule has 0 aliphatic heterocycles. The van der Waals surface area contributed by atoms with Crippen molar-refractivity contribution in [1.29, 1.82) is 0 Å². The molecule has 0 aliphatic carbocycles. The van der Waals surface area contributed by atoms with Crippen LogP contribution in [0, 0.1) is 0 Å². The van der Waals surface area contributed by atoms with E-state index in [2.05, 4.69) is 32.2 Å². The summed E-state index contributed by atoms with van der Waals surface area (Å²) in [5, 5.41) is 11.6. The Morgan fingerprint density at radius 2 is 1.89 bits per heavy atom. The average molecular weight is 263 g/mol. The lowest BCUT2D eigenvalue weighted by Gasteiger charge is -2.06. The van der Waals surface area contributed by atoms with Crippen molar-refractivity contribution >= 4 is 5.97 Å². The number of aromatic carboxylic acids is 1. The van der Waals surface area contributed by atoms with Gasteiger partial charge in [-0.15, -0.1) is 0 Å². The van der Waals surface area contributed by atoms with Crippen molar-refractivity contribution in [3.63, 3.8) is 0 Å². The molecule has 0 radical (unpaired) electrons. The predicted octanol–water partition coefficient (Wildman–Crippen LogP) is 3.73. The fraction of sp³-hybridized carbons (Fsp3) is 0.438. The summed E-state index contributed by atoms with van der Waals surface area (Å²) in [5.41, 5.74) is 1.75. The van der Waals surface area contributed by atoms with E-state index >= 15 is 0 Å². The Kier molecular flexibility index (Phi) is 9.45. The lowest BCUT2D eigenvalue weighted by molar-refractivity contribution is 0.0697. The van der Waals surface area contributed by atoms with E-state index in [1.165, 1.54) is 18.4 Å². The van der Waals surface area contributed by atoms with Gasteiger partial charge in [0.1, 0.15) is 0 Å². The van der Waals surface area contributed by atoms with Gasteiger partial charge in [-0.05, 0) is 52.8 Å². The van der Waals surface area contributed by atoms with E-state index in [0.717, 1.165) is 0 Å². The van der Waals surface area contributed by atoms with Crippen LogP contribution >= 0.6 is 0 Å². The molecule has 0 aliphatic rings. The van der Waals surface area contributed by atoms with Crippen molar-refractivity contribution in [2.75, 3.05) is 7.05 Å². The summed E-state index contributed by atoms with van der Waals surface area (Å²) in [4.78, 5) is 10.2. The van der Waals surface area contributed by atoms with Crippen LogP contribution in [0.4, 0.5) is 0 Å². The second kappa shape index (κ2) is 10.3. The van der Waals surface area contributed by atoms with Crippen LogP contribution in [0.5, 0.6) is 0 Å². The molecule has 19 heavy (non-hydrogen) atoms. The molecule has 1 aromatic rings. The highest BCUT2D eigenvalue weighted by atomic mass is 16.4. The van der Waals surface area contributed by atoms with Gasteiger partial charge in [-0.2, -0.15) is 0 Å². The van der Waals surface area contributed by atoms with Gasteiger partial charge in [-0.1, -0.05) is 29.8 Å². The molecular formula is C16H25NO2. The van der Waals surface area contributed by atoms with Crippen LogP contribution in [0.15, 0.2) is 42.0 Å². The molecule has 1 unspecified atom stereocenters. The minimum atomic E-state index is -0.879. The lowest BCUT2D eigenvalue weighted by Crippen LogP contribution is -2.20. The topological polar surface area (TPSA) is 49.3 Å². The second-order valence-electron chi connectivity index (χ2n) is 4.72. The quantitative estimate of drug-likeness (QED) is 0.796. The van der Waals surface area contributed by atoms with Crippen LogP contribution < -0.4 is 5.32 Å². The number of carbonyl (C=O) groups is 1. The highest BCUT2D eigenvalue weighted by molar-refractivity contribution is 5.87. The molecule has 0 spiro atoms. The zero-order valence-electron chi connectivity index (χ0n) is 12.3. The van der Waals surface area contributed by atoms with Crippen LogP contribution in [-0.2, 0) is 0 Å². The van der Waals surface area contributed by atoms with Gasteiger partial charge >= 0.3 is 5.97 Å². The van der Waals surface area contributed by atoms with E-state index in [4.69, 9.17) is 5.11 Å². The van der Waals surface area contributed by atoms with Gasteiger partial charge in [0.05, 0.1) is 5.56 Å². The Hall–Kier alpha value is -1.61. The highest BCUT2D eigenvalue weighted by Gasteiger charge is 1.96. The number of rotatable bonds is 5. The summed E-state index contributed by atoms with van der Waals surface area (Å²) >= 11 is 0. The maximum atomic E-state index is 10.2. The van der Waals surface area contributed by atoms with Crippen LogP contribution in [0.3, 0.4) is 0 Å². The molecule has 0 saturated heterocycles. The summed E-state index contributed by atoms with van der Waals surface area (Å²) in [5.74, 6) is -0.879. The minimum Gasteiger partial charge on any atom is -0.478 e. The highest BCUT2D eigenvalue weighted by Crippen LogP contribution is 2.00. The third-order valence-corrected chi connectivity index (χ3v) is 2.67. The molecule has 3 nitrogen and oxygen atoms in total. The predicted molar refractivity (Wildman–Crippen MR) is 80.6 cm³/mol. The number of benzene rings is 1. The van der Waals surface area contributed by atoms with Gasteiger partial charge in [-0.3, -0.25) is 0 Å². The number of nitrogens with one attached hydrogen (secondary N) is 1. The van der Waals surface area contributed by atoms with Gasteiger partial charge in [0.15, 0.2) is 0 Å². The Morgan fingerprint density at radius 3 is 2.26 bits per heavy atom. The van der Waals surface area contributed by atoms with Crippen LogP contribution in [0.2, 0.25) is 0 Å². The van der Waals surface area contributed by atoms with E-state index in [9.17, 15) is 4.79 Å². The monoisotopic (exact) mass is 263 g/mol. The van der Waals surface area contributed by atoms with E-state index < -0.39 is 5.97 Å². The van der Waals surface area contributed by atoms with E-state index in [0.29, 0.717) is 11.6 Å². The maximum Gasteiger partial charge on any atom is 0.335 e. The normalized spacial score (nSPS) is 10.9. The molecular weight excluding hydrogens is 238 g/mol. The first-order chi connectivity index (χ1) is 8.97. The maximum absolute atomic E-state index is 10.2. The van der Waals surface area contributed by atoms with Gasteiger partial charge in [-0.25, -0.2) is 4.79 Å². The van der Waals surface area contributed by atoms with Crippen molar-refractivity contribution < 1.29 is 9.90 Å². The lowest BCUT2D eigenvalue weighted by atomic mass is 10.1. The molecule has 106 valence electrons. The van der Waals surface area contributed by atoms with Crippen molar-refractivity contribution in [2.24, 2.45) is 0 Å². The minimum absolute atomic E-state index is 0.331. The fourth-order valence-electron chi connectivity index (χ4n) is 1.35. The molecule has 0 saturated carbocycles. The van der Waals surface area contributed by atoms with Gasteiger partial charge in [0.25, 0.3) is 0 Å². The number of hydrogen-bond acceptors (Lipinski definition) is 2. The van der Waals surface area contributed by atoms with Crippen molar-refractivity contribution in [2.45, 2.75) is 39.7 Å². The molecule has 0 fully saturated rings. The van der Waals surface area contributed by atoms with Crippen LogP contribution in [0.25, 0.3) is 0 Å². The van der Waals surface area contributed by atoms with Gasteiger partial charge in [0.2, 0.25) is 0 Å². The molecule has 0 heterocycles. The molecule has 3 heteroatoms. The van der Waals surface area contributed by atoms with Crippen LogP contribution in [0.1, 0.15) is 44.0 Å². The first-order valence-electron chi connectivity index (χ1n) is 6.56. The van der Waals surface area contributed by atoms with Gasteiger partial charge < -0.3 is 10.4 Å². The number of hydrogen-bond donors (Lipinski definition) is 2. The molecule has 1 rings (SSSR count). The molecule has 0 bridgehead atoms. The van der Waals surface area contributed by atoms with Crippen molar-refractivity contribution in [1.82, 2.24) is 5.32 Å². The number of allylic oxidation sites excluding steroid dienone is 2. The third kappa shape index (κ3) is 10.0. The summed E-state index contributed by atoms with van der Waals surface area (Å²) in [7, 11) is 2.01. The van der Waals surface area contributed by atoms with Crippen molar-refractivity contribution in [3.05, 3.63) is 47.5 Å². The smallest absolute Gasteiger partial charge is 0.335 e. The van der Waals surface area contributed by atoms with E-state index in [1.807, 2.05) is 7.05 Å². The summed E-state index contributed by atoms with van der Waals surface area (Å²) < 4.78 is 0. The Labute approximate surface area is 116 Å². The first-order valence-corrected chi connectivity index (χ1v) is 6.56. The zero-order valence-corrected chi connectivity index (χ0v) is 12.3. The number of carboxylic acids is 1. The van der Waals surface area contributed by atoms with Crippen LogP contribution in [-0.4, -0.2) is 24.2 Å². The molecule has 1 atom stereocenters.